The first-order valence-electron chi connectivity index (χ1n) is 7.03. The summed E-state index contributed by atoms with van der Waals surface area (Å²) < 4.78 is 0. The Morgan fingerprint density at radius 3 is 2.76 bits per heavy atom. The number of carbonyl (C=O) groups excluding carboxylic acids is 2. The summed E-state index contributed by atoms with van der Waals surface area (Å²) in [4.78, 5) is 37.8. The summed E-state index contributed by atoms with van der Waals surface area (Å²) in [5.74, 6) is 0.295. The van der Waals surface area contributed by atoms with E-state index in [0.29, 0.717) is 18.8 Å². The number of carbonyl (C=O) groups is 3. The molecule has 3 amide bonds. The average Bonchev–Trinajstić information content (AvgIpc) is 2.44. The van der Waals surface area contributed by atoms with Crippen molar-refractivity contribution < 1.29 is 19.5 Å². The monoisotopic (exact) mass is 317 g/mol. The van der Waals surface area contributed by atoms with E-state index in [1.54, 1.807) is 23.7 Å². The van der Waals surface area contributed by atoms with Gasteiger partial charge in [-0.3, -0.25) is 9.59 Å². The van der Waals surface area contributed by atoms with Crippen molar-refractivity contribution in [2.75, 3.05) is 38.2 Å². The first-order chi connectivity index (χ1) is 9.95. The number of urea groups is 1. The van der Waals surface area contributed by atoms with Crippen LogP contribution in [0.4, 0.5) is 4.79 Å². The van der Waals surface area contributed by atoms with Gasteiger partial charge in [-0.25, -0.2) is 4.79 Å². The lowest BCUT2D eigenvalue weighted by Gasteiger charge is -2.37. The van der Waals surface area contributed by atoms with Gasteiger partial charge in [0.15, 0.2) is 0 Å². The van der Waals surface area contributed by atoms with Crippen molar-refractivity contribution >= 4 is 29.7 Å². The van der Waals surface area contributed by atoms with Crippen LogP contribution in [0.15, 0.2) is 0 Å². The van der Waals surface area contributed by atoms with Gasteiger partial charge in [-0.15, -0.1) is 0 Å². The Bertz CT molecular complexity index is 392. The highest BCUT2D eigenvalue weighted by atomic mass is 32.2. The number of thioether (sulfide) groups is 1. The second-order valence-corrected chi connectivity index (χ2v) is 6.16. The first-order valence-corrected chi connectivity index (χ1v) is 8.19. The molecule has 0 aromatic rings. The topological polar surface area (TPSA) is 90.0 Å². The lowest BCUT2D eigenvalue weighted by atomic mass is 10.2. The summed E-state index contributed by atoms with van der Waals surface area (Å²) in [7, 11) is 1.56. The predicted molar refractivity (Wildman–Crippen MR) is 81.4 cm³/mol. The number of carboxylic acids is 1. The summed E-state index contributed by atoms with van der Waals surface area (Å²) >= 11 is 1.65. The van der Waals surface area contributed by atoms with E-state index < -0.39 is 5.97 Å². The van der Waals surface area contributed by atoms with E-state index in [4.69, 9.17) is 5.11 Å². The first kappa shape index (κ1) is 17.6. The summed E-state index contributed by atoms with van der Waals surface area (Å²) in [6.07, 6.45) is 0.780. The van der Waals surface area contributed by atoms with Crippen LogP contribution in [0.3, 0.4) is 0 Å². The second-order valence-electron chi connectivity index (χ2n) is 5.01. The lowest BCUT2D eigenvalue weighted by molar-refractivity contribution is -0.138. The molecule has 1 atom stereocenters. The molecule has 2 N–H and O–H groups in total. The Balaban J connectivity index is 2.57. The predicted octanol–water partition coefficient (Wildman–Crippen LogP) is 0.457. The minimum absolute atomic E-state index is 0.0116. The zero-order valence-corrected chi connectivity index (χ0v) is 13.3. The van der Waals surface area contributed by atoms with Crippen molar-refractivity contribution in [2.45, 2.75) is 25.8 Å². The number of nitrogens with one attached hydrogen (secondary N) is 1. The molecular formula is C13H23N3O4S. The van der Waals surface area contributed by atoms with Crippen LogP contribution in [0.1, 0.15) is 19.8 Å². The van der Waals surface area contributed by atoms with Gasteiger partial charge in [0.05, 0.1) is 12.5 Å². The van der Waals surface area contributed by atoms with Gasteiger partial charge in [0, 0.05) is 31.6 Å². The molecule has 0 aromatic heterocycles. The lowest BCUT2D eigenvalue weighted by Crippen LogP contribution is -2.53. The molecule has 1 rings (SSSR count). The van der Waals surface area contributed by atoms with E-state index in [9.17, 15) is 14.4 Å². The van der Waals surface area contributed by atoms with E-state index in [1.165, 1.54) is 4.90 Å². The van der Waals surface area contributed by atoms with Gasteiger partial charge in [0.2, 0.25) is 5.91 Å². The molecule has 0 bridgehead atoms. The molecule has 21 heavy (non-hydrogen) atoms. The number of aliphatic carboxylic acids is 1. The molecule has 120 valence electrons. The zero-order valence-electron chi connectivity index (χ0n) is 12.5. The van der Waals surface area contributed by atoms with E-state index in [-0.39, 0.29) is 30.9 Å². The maximum absolute atomic E-state index is 12.4. The Morgan fingerprint density at radius 2 is 2.14 bits per heavy atom. The second kappa shape index (κ2) is 8.76. The number of carboxylic acid groups (broad SMARTS) is 1. The maximum Gasteiger partial charge on any atom is 0.320 e. The molecule has 0 aliphatic carbocycles. The largest absolute Gasteiger partial charge is 0.481 e. The normalized spacial score (nSPS) is 18.2. The Labute approximate surface area is 129 Å². The summed E-state index contributed by atoms with van der Waals surface area (Å²) in [6, 6.07) is -0.594. The van der Waals surface area contributed by atoms with Gasteiger partial charge < -0.3 is 20.2 Å². The molecule has 1 unspecified atom stereocenters. The van der Waals surface area contributed by atoms with Crippen molar-refractivity contribution in [1.29, 1.82) is 0 Å². The molecule has 1 fully saturated rings. The molecule has 0 radical (unpaired) electrons. The standard InChI is InChI=1S/C13H23N3O4S/c1-3-4-14-11(17)8-15(2)13(20)16-5-6-21-9-10(16)7-12(18)19/h10H,3-9H2,1-2H3,(H,14,17)(H,18,19). The van der Waals surface area contributed by atoms with E-state index in [1.807, 2.05) is 6.92 Å². The van der Waals surface area contributed by atoms with Crippen LogP contribution >= 0.6 is 11.8 Å². The summed E-state index contributed by atoms with van der Waals surface area (Å²) in [5, 5.41) is 11.6. The SMILES string of the molecule is CCCNC(=O)CN(C)C(=O)N1CCSCC1CC(=O)O. The van der Waals surface area contributed by atoms with Gasteiger partial charge in [0.25, 0.3) is 0 Å². The van der Waals surface area contributed by atoms with E-state index >= 15 is 0 Å². The summed E-state index contributed by atoms with van der Waals surface area (Å²) in [6.45, 7) is 3.05. The third kappa shape index (κ3) is 5.82. The van der Waals surface area contributed by atoms with Crippen LogP contribution in [0.25, 0.3) is 0 Å². The minimum atomic E-state index is -0.913. The van der Waals surface area contributed by atoms with Crippen LogP contribution in [-0.4, -0.2) is 77.0 Å². The quantitative estimate of drug-likeness (QED) is 0.743. The highest BCUT2D eigenvalue weighted by Crippen LogP contribution is 2.20. The highest BCUT2D eigenvalue weighted by molar-refractivity contribution is 7.99. The van der Waals surface area contributed by atoms with Crippen LogP contribution in [0, 0.1) is 0 Å². The molecule has 7 nitrogen and oxygen atoms in total. The molecule has 0 spiro atoms. The Kier molecular flexibility index (Phi) is 7.35. The van der Waals surface area contributed by atoms with Gasteiger partial charge in [-0.05, 0) is 6.42 Å². The zero-order chi connectivity index (χ0) is 15.8. The minimum Gasteiger partial charge on any atom is -0.481 e. The fourth-order valence-electron chi connectivity index (χ4n) is 2.10. The van der Waals surface area contributed by atoms with Crippen molar-refractivity contribution in [2.24, 2.45) is 0 Å². The number of amides is 3. The number of hydrogen-bond donors (Lipinski definition) is 2. The number of hydrogen-bond acceptors (Lipinski definition) is 4. The molecule has 1 heterocycles. The third-order valence-electron chi connectivity index (χ3n) is 3.16. The number of likely N-dealkylation sites (N-methyl/N-ethyl adjacent to an activating group) is 1. The van der Waals surface area contributed by atoms with Gasteiger partial charge >= 0.3 is 12.0 Å². The molecule has 1 aliphatic rings. The molecular weight excluding hydrogens is 294 g/mol. The summed E-state index contributed by atoms with van der Waals surface area (Å²) in [5.41, 5.74) is 0. The van der Waals surface area contributed by atoms with Gasteiger partial charge in [-0.2, -0.15) is 11.8 Å². The van der Waals surface area contributed by atoms with Gasteiger partial charge in [0.1, 0.15) is 6.54 Å². The third-order valence-corrected chi connectivity index (χ3v) is 4.25. The van der Waals surface area contributed by atoms with Crippen molar-refractivity contribution in [3.8, 4) is 0 Å². The maximum atomic E-state index is 12.4. The highest BCUT2D eigenvalue weighted by Gasteiger charge is 2.31. The number of rotatable bonds is 6. The van der Waals surface area contributed by atoms with Gasteiger partial charge in [-0.1, -0.05) is 6.92 Å². The van der Waals surface area contributed by atoms with E-state index in [0.717, 1.165) is 12.2 Å². The molecule has 1 saturated heterocycles. The van der Waals surface area contributed by atoms with E-state index in [2.05, 4.69) is 5.32 Å². The Morgan fingerprint density at radius 1 is 1.43 bits per heavy atom. The average molecular weight is 317 g/mol. The van der Waals surface area contributed by atoms with Crippen molar-refractivity contribution in [3.63, 3.8) is 0 Å². The van der Waals surface area contributed by atoms with Crippen LogP contribution < -0.4 is 5.32 Å². The molecule has 8 heteroatoms. The van der Waals surface area contributed by atoms with Crippen molar-refractivity contribution in [1.82, 2.24) is 15.1 Å². The molecule has 0 saturated carbocycles. The smallest absolute Gasteiger partial charge is 0.320 e. The fraction of sp³-hybridized carbons (Fsp3) is 0.769. The van der Waals surface area contributed by atoms with Crippen LogP contribution in [0.2, 0.25) is 0 Å². The van der Waals surface area contributed by atoms with Crippen LogP contribution in [0.5, 0.6) is 0 Å². The fourth-order valence-corrected chi connectivity index (χ4v) is 3.16. The molecule has 0 aromatic carbocycles. The van der Waals surface area contributed by atoms with Crippen molar-refractivity contribution in [3.05, 3.63) is 0 Å². The van der Waals surface area contributed by atoms with Crippen LogP contribution in [-0.2, 0) is 9.59 Å². The molecule has 1 aliphatic heterocycles. The Hall–Kier alpha value is -1.44. The number of nitrogens with zero attached hydrogens (tertiary/aromatic N) is 2.